The van der Waals surface area contributed by atoms with Crippen LogP contribution >= 0.6 is 0 Å². The molecule has 19 heavy (non-hydrogen) atoms. The summed E-state index contributed by atoms with van der Waals surface area (Å²) < 4.78 is 3.69. The van der Waals surface area contributed by atoms with Crippen molar-refractivity contribution in [3.8, 4) is 0 Å². The van der Waals surface area contributed by atoms with Crippen LogP contribution in [0.15, 0.2) is 34.1 Å². The number of hydrogen-bond donors (Lipinski definition) is 0. The molecule has 0 heterocycles. The normalized spacial score (nSPS) is 13.2. The quantitative estimate of drug-likeness (QED) is 0.598. The van der Waals surface area contributed by atoms with Crippen molar-refractivity contribution in [3.05, 3.63) is 39.6 Å². The second-order valence-corrected chi connectivity index (χ2v) is 22.7. The van der Waals surface area contributed by atoms with Crippen LogP contribution < -0.4 is 0 Å². The Morgan fingerprint density at radius 3 is 1.79 bits per heavy atom. The Balaban J connectivity index is 3.26. The molecule has 0 nitrogen and oxygen atoms in total. The number of rotatable bonds is 5. The fourth-order valence-electron chi connectivity index (χ4n) is 3.03. The van der Waals surface area contributed by atoms with Crippen LogP contribution in [0.3, 0.4) is 0 Å². The van der Waals surface area contributed by atoms with Crippen molar-refractivity contribution in [2.45, 2.75) is 56.3 Å². The SMILES string of the molecule is C[CH](C)[Ga](/[C](=C/c1ccccc1)[Si](C)(C)C)[CH](C)C. The predicted octanol–water partition coefficient (Wildman–Crippen LogP) is 5.80. The van der Waals surface area contributed by atoms with E-state index in [0.717, 1.165) is 8.94 Å². The maximum absolute atomic E-state index is 2.55. The van der Waals surface area contributed by atoms with Crippen LogP contribution in [0.5, 0.6) is 0 Å². The van der Waals surface area contributed by atoms with Crippen LogP contribution in [0, 0.1) is 0 Å². The van der Waals surface area contributed by atoms with E-state index >= 15 is 0 Å². The number of benzene rings is 1. The zero-order valence-corrected chi connectivity index (χ0v) is 17.1. The molecule has 0 unspecified atom stereocenters. The molecule has 0 aromatic heterocycles. The molecule has 104 valence electrons. The molecule has 0 saturated carbocycles. The maximum atomic E-state index is 2.55. The molecule has 0 N–H and O–H groups in total. The molecule has 0 radical (unpaired) electrons. The van der Waals surface area contributed by atoms with Gasteiger partial charge in [0.1, 0.15) is 0 Å². The summed E-state index contributed by atoms with van der Waals surface area (Å²) in [5.41, 5.74) is 1.40. The Kier molecular flexibility index (Phi) is 6.22. The molecule has 0 aliphatic carbocycles. The molecular formula is C17H29GaSi. The van der Waals surface area contributed by atoms with Crippen LogP contribution in [0.25, 0.3) is 6.08 Å². The molecule has 0 atom stereocenters. The predicted molar refractivity (Wildman–Crippen MR) is 93.7 cm³/mol. The van der Waals surface area contributed by atoms with E-state index in [1.54, 1.807) is 0 Å². The van der Waals surface area contributed by atoms with E-state index in [4.69, 9.17) is 0 Å². The summed E-state index contributed by atoms with van der Waals surface area (Å²) in [7, 11) is -1.21. The first-order valence-corrected chi connectivity index (χ1v) is 15.0. The van der Waals surface area contributed by atoms with E-state index in [0.29, 0.717) is 0 Å². The van der Waals surface area contributed by atoms with Gasteiger partial charge in [-0.15, -0.1) is 0 Å². The van der Waals surface area contributed by atoms with E-state index in [-0.39, 0.29) is 0 Å². The third-order valence-electron chi connectivity index (χ3n) is 3.78. The molecule has 0 amide bonds. The summed E-state index contributed by atoms with van der Waals surface area (Å²) in [6.45, 7) is 17.3. The monoisotopic (exact) mass is 330 g/mol. The standard InChI is InChI=1S/C11H15Si.2C3H7.Ga/c1-12(2,3)10-9-11-7-5-4-6-8-11;2*1-3-2;/h4-9H,1-3H3;2*3H,1-2H3;. The van der Waals surface area contributed by atoms with Gasteiger partial charge in [-0.3, -0.25) is 0 Å². The Hall–Kier alpha value is -0.187. The zero-order valence-electron chi connectivity index (χ0n) is 13.7. The molecule has 0 spiro atoms. The van der Waals surface area contributed by atoms with Gasteiger partial charge in [-0.2, -0.15) is 0 Å². The van der Waals surface area contributed by atoms with Crippen LogP contribution in [-0.2, 0) is 0 Å². The molecular weight excluding hydrogens is 302 g/mol. The zero-order chi connectivity index (χ0) is 14.6. The third kappa shape index (κ3) is 5.01. The molecule has 1 aromatic carbocycles. The van der Waals surface area contributed by atoms with Crippen molar-refractivity contribution in [2.75, 3.05) is 0 Å². The molecule has 0 fully saturated rings. The summed E-state index contributed by atoms with van der Waals surface area (Å²) in [6, 6.07) is 10.9. The molecule has 0 aliphatic rings. The molecule has 0 aliphatic heterocycles. The van der Waals surface area contributed by atoms with Crippen LogP contribution in [0.2, 0.25) is 28.6 Å². The van der Waals surface area contributed by atoms with E-state index in [1.807, 2.05) is 3.75 Å². The fraction of sp³-hybridized carbons (Fsp3) is 0.529. The van der Waals surface area contributed by atoms with Gasteiger partial charge in [-0.25, -0.2) is 0 Å². The first kappa shape index (κ1) is 16.9. The first-order chi connectivity index (χ1) is 8.73. The summed E-state index contributed by atoms with van der Waals surface area (Å²) in [5.74, 6) is 0. The minimum absolute atomic E-state index is 0.897. The topological polar surface area (TPSA) is 0 Å². The fourth-order valence-corrected chi connectivity index (χ4v) is 21.4. The van der Waals surface area contributed by atoms with Gasteiger partial charge < -0.3 is 0 Å². The first-order valence-electron chi connectivity index (χ1n) is 7.50. The Morgan fingerprint density at radius 1 is 0.947 bits per heavy atom. The summed E-state index contributed by atoms with van der Waals surface area (Å²) in [4.78, 5) is 0. The van der Waals surface area contributed by atoms with Crippen molar-refractivity contribution in [1.82, 2.24) is 0 Å². The van der Waals surface area contributed by atoms with Crippen molar-refractivity contribution in [2.24, 2.45) is 0 Å². The van der Waals surface area contributed by atoms with E-state index in [1.165, 1.54) is 5.56 Å². The number of hydrogen-bond acceptors (Lipinski definition) is 0. The average Bonchev–Trinajstić information content (AvgIpc) is 2.27. The second-order valence-electron chi connectivity index (χ2n) is 7.27. The third-order valence-corrected chi connectivity index (χ3v) is 20.7. The van der Waals surface area contributed by atoms with Crippen molar-refractivity contribution in [3.63, 3.8) is 0 Å². The second kappa shape index (κ2) is 7.00. The molecule has 0 saturated heterocycles. The molecule has 2 heteroatoms. The van der Waals surface area contributed by atoms with Crippen LogP contribution in [0.4, 0.5) is 0 Å². The molecule has 1 aromatic rings. The molecule has 1 rings (SSSR count). The van der Waals surface area contributed by atoms with Crippen molar-refractivity contribution < 1.29 is 0 Å². The summed E-state index contributed by atoms with van der Waals surface area (Å²) in [6.07, 6.45) is 2.55. The average molecular weight is 331 g/mol. The van der Waals surface area contributed by atoms with Gasteiger partial charge in [0.2, 0.25) is 0 Å². The Bertz CT molecular complexity index is 405. The van der Waals surface area contributed by atoms with Gasteiger partial charge in [0.05, 0.1) is 0 Å². The van der Waals surface area contributed by atoms with E-state index < -0.39 is 24.3 Å². The van der Waals surface area contributed by atoms with Gasteiger partial charge in [0.25, 0.3) is 0 Å². The van der Waals surface area contributed by atoms with Crippen molar-refractivity contribution in [1.29, 1.82) is 0 Å². The Labute approximate surface area is 126 Å². The summed E-state index contributed by atoms with van der Waals surface area (Å²) in [5, 5.41) is 0. The van der Waals surface area contributed by atoms with Gasteiger partial charge in [-0.1, -0.05) is 0 Å². The van der Waals surface area contributed by atoms with Gasteiger partial charge >= 0.3 is 126 Å². The Morgan fingerprint density at radius 2 is 1.42 bits per heavy atom. The van der Waals surface area contributed by atoms with Gasteiger partial charge in [0.15, 0.2) is 0 Å². The van der Waals surface area contributed by atoms with Crippen molar-refractivity contribution >= 4 is 30.4 Å². The minimum atomic E-state index is -1.42. The summed E-state index contributed by atoms with van der Waals surface area (Å²) >= 11 is -1.42. The molecule has 0 bridgehead atoms. The van der Waals surface area contributed by atoms with E-state index in [9.17, 15) is 0 Å². The van der Waals surface area contributed by atoms with Crippen LogP contribution in [0.1, 0.15) is 33.3 Å². The van der Waals surface area contributed by atoms with Gasteiger partial charge in [-0.05, 0) is 0 Å². The van der Waals surface area contributed by atoms with Crippen LogP contribution in [-0.4, -0.2) is 24.3 Å². The van der Waals surface area contributed by atoms with Gasteiger partial charge in [0, 0.05) is 0 Å². The van der Waals surface area contributed by atoms with E-state index in [2.05, 4.69) is 83.7 Å².